The average molecular weight is 231 g/mol. The largest absolute Gasteiger partial charge is 0.306 e. The Morgan fingerprint density at radius 3 is 2.59 bits per heavy atom. The Morgan fingerprint density at radius 1 is 1.29 bits per heavy atom. The van der Waals surface area contributed by atoms with E-state index >= 15 is 0 Å². The van der Waals surface area contributed by atoms with E-state index in [-0.39, 0.29) is 11.6 Å². The summed E-state index contributed by atoms with van der Waals surface area (Å²) in [7, 11) is 2.05. The van der Waals surface area contributed by atoms with Crippen LogP contribution in [0, 0.1) is 5.92 Å². The van der Waals surface area contributed by atoms with Crippen LogP contribution in [0.25, 0.3) is 0 Å². The lowest BCUT2D eigenvalue weighted by molar-refractivity contribution is -0.115. The second-order valence-electron chi connectivity index (χ2n) is 4.74. The van der Waals surface area contributed by atoms with Gasteiger partial charge in [-0.2, -0.15) is 0 Å². The molecule has 1 aliphatic heterocycles. The van der Waals surface area contributed by atoms with Crippen molar-refractivity contribution in [3.63, 3.8) is 0 Å². The highest BCUT2D eigenvalue weighted by Gasteiger charge is 2.25. The average Bonchev–Trinajstić information content (AvgIpc) is 2.75. The minimum Gasteiger partial charge on any atom is -0.306 e. The van der Waals surface area contributed by atoms with Crippen molar-refractivity contribution in [3.8, 4) is 0 Å². The van der Waals surface area contributed by atoms with E-state index in [9.17, 15) is 9.59 Å². The third-order valence-electron chi connectivity index (χ3n) is 3.25. The van der Waals surface area contributed by atoms with Gasteiger partial charge in [0.05, 0.1) is 0 Å². The lowest BCUT2D eigenvalue weighted by Crippen LogP contribution is -2.20. The predicted octanol–water partition coefficient (Wildman–Crippen LogP) is 1.78. The van der Waals surface area contributed by atoms with Crippen LogP contribution >= 0.6 is 0 Å². The first-order valence-corrected chi connectivity index (χ1v) is 5.98. The first kappa shape index (κ1) is 12.0. The summed E-state index contributed by atoms with van der Waals surface area (Å²) in [4.78, 5) is 25.9. The van der Waals surface area contributed by atoms with Crippen molar-refractivity contribution in [2.75, 3.05) is 20.1 Å². The summed E-state index contributed by atoms with van der Waals surface area (Å²) >= 11 is 0. The highest BCUT2D eigenvalue weighted by atomic mass is 16.2. The van der Waals surface area contributed by atoms with E-state index in [4.69, 9.17) is 0 Å². The number of hydrogen-bond acceptors (Lipinski definition) is 3. The number of Topliss-reactive ketones (excluding diaryl/α,β-unsaturated/α-hetero) is 2. The molecule has 0 saturated carbocycles. The number of carbonyl (C=O) groups is 2. The van der Waals surface area contributed by atoms with Gasteiger partial charge < -0.3 is 4.90 Å². The minimum absolute atomic E-state index is 0.253. The van der Waals surface area contributed by atoms with Crippen molar-refractivity contribution in [1.82, 2.24) is 4.90 Å². The summed E-state index contributed by atoms with van der Waals surface area (Å²) < 4.78 is 0. The number of carbonyl (C=O) groups excluding carboxylic acids is 2. The quantitative estimate of drug-likeness (QED) is 0.585. The molecule has 1 aromatic carbocycles. The number of hydrogen-bond donors (Lipinski definition) is 0. The van der Waals surface area contributed by atoms with Crippen LogP contribution < -0.4 is 0 Å². The molecule has 1 atom stereocenters. The summed E-state index contributed by atoms with van der Waals surface area (Å²) in [5, 5.41) is 0. The molecule has 3 heteroatoms. The number of ketones is 2. The third kappa shape index (κ3) is 3.01. The summed E-state index contributed by atoms with van der Waals surface area (Å²) in [6.45, 7) is 1.95. The minimum atomic E-state index is -0.347. The zero-order chi connectivity index (χ0) is 12.3. The number of likely N-dealkylation sites (tertiary alicyclic amines) is 1. The number of nitrogens with zero attached hydrogens (tertiary/aromatic N) is 1. The SMILES string of the molecule is CN1CCC(CC(=O)C(=O)c2ccccc2)C1. The second-order valence-corrected chi connectivity index (χ2v) is 4.74. The molecule has 1 saturated heterocycles. The fourth-order valence-corrected chi connectivity index (χ4v) is 2.30. The van der Waals surface area contributed by atoms with Crippen LogP contribution in [-0.4, -0.2) is 36.6 Å². The van der Waals surface area contributed by atoms with E-state index in [0.717, 1.165) is 19.5 Å². The molecule has 1 heterocycles. The normalized spacial score (nSPS) is 20.4. The number of rotatable bonds is 4. The van der Waals surface area contributed by atoms with Crippen molar-refractivity contribution in [3.05, 3.63) is 35.9 Å². The highest BCUT2D eigenvalue weighted by molar-refractivity contribution is 6.43. The maximum absolute atomic E-state index is 11.9. The standard InChI is InChI=1S/C14H17NO2/c1-15-8-7-11(10-15)9-13(16)14(17)12-5-3-2-4-6-12/h2-6,11H,7-10H2,1H3. The van der Waals surface area contributed by atoms with Crippen LogP contribution in [0.4, 0.5) is 0 Å². The molecule has 0 bridgehead atoms. The molecule has 1 fully saturated rings. The first-order valence-electron chi connectivity index (χ1n) is 5.98. The fourth-order valence-electron chi connectivity index (χ4n) is 2.30. The summed E-state index contributed by atoms with van der Waals surface area (Å²) in [6, 6.07) is 8.79. The lowest BCUT2D eigenvalue weighted by Gasteiger charge is -2.08. The van der Waals surface area contributed by atoms with Crippen LogP contribution in [-0.2, 0) is 4.79 Å². The molecule has 1 aliphatic rings. The Kier molecular flexibility index (Phi) is 3.69. The van der Waals surface area contributed by atoms with Gasteiger partial charge in [-0.3, -0.25) is 9.59 Å². The molecule has 90 valence electrons. The molecular formula is C14H17NO2. The Hall–Kier alpha value is -1.48. The Balaban J connectivity index is 1.94. The fraction of sp³-hybridized carbons (Fsp3) is 0.429. The van der Waals surface area contributed by atoms with Crippen LogP contribution in [0.1, 0.15) is 23.2 Å². The van der Waals surface area contributed by atoms with Crippen LogP contribution in [0.5, 0.6) is 0 Å². The van der Waals surface area contributed by atoms with E-state index in [2.05, 4.69) is 4.90 Å². The van der Waals surface area contributed by atoms with Crippen LogP contribution in [0.3, 0.4) is 0 Å². The highest BCUT2D eigenvalue weighted by Crippen LogP contribution is 2.19. The van der Waals surface area contributed by atoms with Crippen LogP contribution in [0.15, 0.2) is 30.3 Å². The molecule has 0 N–H and O–H groups in total. The van der Waals surface area contributed by atoms with Gasteiger partial charge in [0.2, 0.25) is 11.6 Å². The van der Waals surface area contributed by atoms with Gasteiger partial charge in [-0.1, -0.05) is 30.3 Å². The molecule has 2 rings (SSSR count). The molecule has 0 amide bonds. The van der Waals surface area contributed by atoms with Crippen molar-refractivity contribution >= 4 is 11.6 Å². The van der Waals surface area contributed by atoms with Gasteiger partial charge in [-0.05, 0) is 25.9 Å². The van der Waals surface area contributed by atoms with E-state index in [1.165, 1.54) is 0 Å². The lowest BCUT2D eigenvalue weighted by atomic mass is 9.97. The van der Waals surface area contributed by atoms with Crippen molar-refractivity contribution in [2.24, 2.45) is 5.92 Å². The van der Waals surface area contributed by atoms with Crippen molar-refractivity contribution in [1.29, 1.82) is 0 Å². The Bertz CT molecular complexity index is 413. The Labute approximate surface area is 101 Å². The van der Waals surface area contributed by atoms with Gasteiger partial charge >= 0.3 is 0 Å². The maximum Gasteiger partial charge on any atom is 0.228 e. The van der Waals surface area contributed by atoms with Gasteiger partial charge in [-0.15, -0.1) is 0 Å². The second kappa shape index (κ2) is 5.23. The topological polar surface area (TPSA) is 37.4 Å². The molecule has 0 aliphatic carbocycles. The van der Waals surface area contributed by atoms with Gasteiger partial charge in [0, 0.05) is 18.5 Å². The van der Waals surface area contributed by atoms with Gasteiger partial charge in [0.1, 0.15) is 0 Å². The molecular weight excluding hydrogens is 214 g/mol. The van der Waals surface area contributed by atoms with Crippen LogP contribution in [0.2, 0.25) is 0 Å². The van der Waals surface area contributed by atoms with E-state index in [0.29, 0.717) is 17.9 Å². The zero-order valence-electron chi connectivity index (χ0n) is 10.1. The van der Waals surface area contributed by atoms with Crippen molar-refractivity contribution in [2.45, 2.75) is 12.8 Å². The number of benzene rings is 1. The van der Waals surface area contributed by atoms with E-state index in [1.807, 2.05) is 13.1 Å². The molecule has 0 aromatic heterocycles. The Morgan fingerprint density at radius 2 is 2.00 bits per heavy atom. The third-order valence-corrected chi connectivity index (χ3v) is 3.25. The maximum atomic E-state index is 11.9. The first-order chi connectivity index (χ1) is 8.16. The van der Waals surface area contributed by atoms with Crippen molar-refractivity contribution < 1.29 is 9.59 Å². The van der Waals surface area contributed by atoms with Gasteiger partial charge in [0.25, 0.3) is 0 Å². The van der Waals surface area contributed by atoms with Gasteiger partial charge in [-0.25, -0.2) is 0 Å². The van der Waals surface area contributed by atoms with Gasteiger partial charge in [0.15, 0.2) is 0 Å². The monoisotopic (exact) mass is 231 g/mol. The zero-order valence-corrected chi connectivity index (χ0v) is 10.1. The summed E-state index contributed by atoms with van der Waals surface area (Å²) in [5.41, 5.74) is 0.504. The molecule has 1 aromatic rings. The predicted molar refractivity (Wildman–Crippen MR) is 66.0 cm³/mol. The molecule has 3 nitrogen and oxygen atoms in total. The van der Waals surface area contributed by atoms with E-state index in [1.54, 1.807) is 24.3 Å². The summed E-state index contributed by atoms with van der Waals surface area (Å²) in [5.74, 6) is -0.253. The molecule has 0 radical (unpaired) electrons. The molecule has 0 spiro atoms. The smallest absolute Gasteiger partial charge is 0.228 e. The molecule has 17 heavy (non-hydrogen) atoms. The summed E-state index contributed by atoms with van der Waals surface area (Å²) in [6.07, 6.45) is 1.41. The molecule has 1 unspecified atom stereocenters. The van der Waals surface area contributed by atoms with E-state index < -0.39 is 0 Å².